The number of amides is 2. The zero-order valence-electron chi connectivity index (χ0n) is 20.1. The van der Waals surface area contributed by atoms with Gasteiger partial charge in [-0.25, -0.2) is 0 Å². The van der Waals surface area contributed by atoms with E-state index in [2.05, 4.69) is 30.7 Å². The van der Waals surface area contributed by atoms with Crippen LogP contribution in [0.1, 0.15) is 42.4 Å². The summed E-state index contributed by atoms with van der Waals surface area (Å²) in [5, 5.41) is 9.43. The SMILES string of the molecule is Cc1nnc(SCCCCC(=O)N2CCN(C(=O)c3ccccc3Br)C(C)C2)n1-c1ccccc1. The molecule has 2 heterocycles. The highest BCUT2D eigenvalue weighted by Crippen LogP contribution is 2.24. The highest BCUT2D eigenvalue weighted by atomic mass is 79.9. The lowest BCUT2D eigenvalue weighted by atomic mass is 10.1. The van der Waals surface area contributed by atoms with Crippen molar-refractivity contribution in [1.29, 1.82) is 0 Å². The fourth-order valence-corrected chi connectivity index (χ4v) is 5.74. The van der Waals surface area contributed by atoms with Crippen LogP contribution in [-0.2, 0) is 4.79 Å². The minimum atomic E-state index is -0.0181. The Balaban J connectivity index is 1.21. The van der Waals surface area contributed by atoms with Crippen LogP contribution in [-0.4, -0.2) is 67.8 Å². The number of aromatic nitrogens is 3. The van der Waals surface area contributed by atoms with Gasteiger partial charge in [0.15, 0.2) is 5.16 Å². The zero-order valence-corrected chi connectivity index (χ0v) is 22.5. The van der Waals surface area contributed by atoms with E-state index in [0.29, 0.717) is 31.6 Å². The number of benzene rings is 2. The van der Waals surface area contributed by atoms with E-state index in [0.717, 1.165) is 39.7 Å². The molecule has 1 aliphatic heterocycles. The Bertz CT molecular complexity index is 1170. The average molecular weight is 557 g/mol. The molecular weight excluding hydrogens is 526 g/mol. The van der Waals surface area contributed by atoms with Crippen LogP contribution in [0.15, 0.2) is 64.2 Å². The minimum absolute atomic E-state index is 0.00712. The first-order valence-corrected chi connectivity index (χ1v) is 13.7. The fourth-order valence-electron chi connectivity index (χ4n) is 4.29. The van der Waals surface area contributed by atoms with Crippen LogP contribution in [0.4, 0.5) is 0 Å². The van der Waals surface area contributed by atoms with Gasteiger partial charge in [0.1, 0.15) is 5.82 Å². The van der Waals surface area contributed by atoms with Crippen LogP contribution in [0.5, 0.6) is 0 Å². The van der Waals surface area contributed by atoms with Crippen LogP contribution in [0.3, 0.4) is 0 Å². The fraction of sp³-hybridized carbons (Fsp3) is 0.385. The van der Waals surface area contributed by atoms with Crippen molar-refractivity contribution in [2.45, 2.75) is 44.3 Å². The molecular formula is C26H30BrN5O2S. The van der Waals surface area contributed by atoms with Crippen molar-refractivity contribution in [1.82, 2.24) is 24.6 Å². The van der Waals surface area contributed by atoms with Gasteiger partial charge in [0.2, 0.25) is 5.91 Å². The van der Waals surface area contributed by atoms with Crippen LogP contribution in [0.25, 0.3) is 5.69 Å². The van der Waals surface area contributed by atoms with Gasteiger partial charge < -0.3 is 9.80 Å². The topological polar surface area (TPSA) is 71.3 Å². The van der Waals surface area contributed by atoms with Gasteiger partial charge >= 0.3 is 0 Å². The maximum atomic E-state index is 13.0. The standard InChI is InChI=1S/C26H30BrN5O2S/c1-19-18-30(15-16-31(19)25(34)22-12-6-7-13-23(22)27)24(33)14-8-9-17-35-26-29-28-20(2)32(26)21-10-4-3-5-11-21/h3-7,10-13,19H,8-9,14-18H2,1-2H3. The Hall–Kier alpha value is -2.65. The molecule has 9 heteroatoms. The van der Waals surface area contributed by atoms with Crippen molar-refractivity contribution in [2.24, 2.45) is 0 Å². The van der Waals surface area contributed by atoms with E-state index in [-0.39, 0.29) is 17.9 Å². The molecule has 1 aliphatic rings. The molecule has 2 amide bonds. The number of piperazine rings is 1. The lowest BCUT2D eigenvalue weighted by molar-refractivity contribution is -0.133. The number of hydrogen-bond acceptors (Lipinski definition) is 5. The third-order valence-electron chi connectivity index (χ3n) is 6.17. The normalized spacial score (nSPS) is 15.9. The quantitative estimate of drug-likeness (QED) is 0.289. The average Bonchev–Trinajstić information content (AvgIpc) is 3.24. The van der Waals surface area contributed by atoms with Crippen molar-refractivity contribution >= 4 is 39.5 Å². The van der Waals surface area contributed by atoms with Gasteiger partial charge in [-0.2, -0.15) is 0 Å². The molecule has 0 bridgehead atoms. The molecule has 184 valence electrons. The van der Waals surface area contributed by atoms with Crippen molar-refractivity contribution in [2.75, 3.05) is 25.4 Å². The molecule has 4 rings (SSSR count). The predicted octanol–water partition coefficient (Wildman–Crippen LogP) is 4.97. The van der Waals surface area contributed by atoms with E-state index in [1.54, 1.807) is 11.8 Å². The van der Waals surface area contributed by atoms with Crippen LogP contribution in [0.2, 0.25) is 0 Å². The number of para-hydroxylation sites is 1. The molecule has 0 saturated carbocycles. The maximum absolute atomic E-state index is 13.0. The molecule has 35 heavy (non-hydrogen) atoms. The number of thioether (sulfide) groups is 1. The predicted molar refractivity (Wildman–Crippen MR) is 142 cm³/mol. The Labute approximate surface area is 219 Å². The first-order valence-electron chi connectivity index (χ1n) is 11.9. The van der Waals surface area contributed by atoms with Gasteiger partial charge in [-0.15, -0.1) is 10.2 Å². The third-order valence-corrected chi connectivity index (χ3v) is 7.88. The molecule has 0 aliphatic carbocycles. The number of aryl methyl sites for hydroxylation is 1. The number of unbranched alkanes of at least 4 members (excludes halogenated alkanes) is 1. The van der Waals surface area contributed by atoms with Gasteiger partial charge in [-0.3, -0.25) is 14.2 Å². The summed E-state index contributed by atoms with van der Waals surface area (Å²) >= 11 is 5.14. The lowest BCUT2D eigenvalue weighted by Gasteiger charge is -2.40. The Morgan fingerprint density at radius 2 is 1.77 bits per heavy atom. The van der Waals surface area contributed by atoms with Gasteiger partial charge in [0.25, 0.3) is 5.91 Å². The second-order valence-electron chi connectivity index (χ2n) is 8.67. The van der Waals surface area contributed by atoms with Crippen molar-refractivity contribution < 1.29 is 9.59 Å². The maximum Gasteiger partial charge on any atom is 0.255 e. The molecule has 1 fully saturated rings. The van der Waals surface area contributed by atoms with Crippen molar-refractivity contribution in [3.63, 3.8) is 0 Å². The summed E-state index contributed by atoms with van der Waals surface area (Å²) in [7, 11) is 0. The monoisotopic (exact) mass is 555 g/mol. The number of halogens is 1. The van der Waals surface area contributed by atoms with E-state index < -0.39 is 0 Å². The second kappa shape index (κ2) is 11.9. The van der Waals surface area contributed by atoms with Gasteiger partial charge in [-0.05, 0) is 66.9 Å². The molecule has 1 saturated heterocycles. The molecule has 3 aromatic rings. The van der Waals surface area contributed by atoms with E-state index in [1.807, 2.05) is 78.2 Å². The van der Waals surface area contributed by atoms with E-state index >= 15 is 0 Å². The van der Waals surface area contributed by atoms with Crippen LogP contribution in [0, 0.1) is 6.92 Å². The number of carbonyl (C=O) groups excluding carboxylic acids is 2. The Kier molecular flexibility index (Phi) is 8.62. The Morgan fingerprint density at radius 1 is 1.03 bits per heavy atom. The molecule has 0 spiro atoms. The van der Waals surface area contributed by atoms with Gasteiger partial charge in [0, 0.05) is 48.0 Å². The smallest absolute Gasteiger partial charge is 0.255 e. The zero-order chi connectivity index (χ0) is 24.8. The number of hydrogen-bond donors (Lipinski definition) is 0. The summed E-state index contributed by atoms with van der Waals surface area (Å²) in [4.78, 5) is 29.5. The molecule has 1 unspecified atom stereocenters. The third kappa shape index (κ3) is 6.13. The summed E-state index contributed by atoms with van der Waals surface area (Å²) in [5.74, 6) is 1.91. The molecule has 1 atom stereocenters. The molecule has 7 nitrogen and oxygen atoms in total. The molecule has 0 radical (unpaired) electrons. The number of nitrogens with zero attached hydrogens (tertiary/aromatic N) is 5. The summed E-state index contributed by atoms with van der Waals surface area (Å²) in [6.45, 7) is 5.67. The van der Waals surface area contributed by atoms with Crippen LogP contribution < -0.4 is 0 Å². The summed E-state index contributed by atoms with van der Waals surface area (Å²) in [5.41, 5.74) is 1.72. The summed E-state index contributed by atoms with van der Waals surface area (Å²) in [6, 6.07) is 17.6. The summed E-state index contributed by atoms with van der Waals surface area (Å²) in [6.07, 6.45) is 2.28. The van der Waals surface area contributed by atoms with E-state index in [4.69, 9.17) is 0 Å². The second-order valence-corrected chi connectivity index (χ2v) is 10.6. The summed E-state index contributed by atoms with van der Waals surface area (Å²) < 4.78 is 2.86. The van der Waals surface area contributed by atoms with Crippen molar-refractivity contribution in [3.05, 3.63) is 70.5 Å². The number of rotatable bonds is 8. The molecule has 1 aromatic heterocycles. The first kappa shape index (κ1) is 25.4. The number of carbonyl (C=O) groups is 2. The lowest BCUT2D eigenvalue weighted by Crippen LogP contribution is -2.55. The molecule has 0 N–H and O–H groups in total. The first-order chi connectivity index (χ1) is 17.0. The van der Waals surface area contributed by atoms with Crippen molar-refractivity contribution in [3.8, 4) is 5.69 Å². The van der Waals surface area contributed by atoms with Gasteiger partial charge in [0.05, 0.1) is 5.56 Å². The minimum Gasteiger partial charge on any atom is -0.339 e. The highest BCUT2D eigenvalue weighted by molar-refractivity contribution is 9.10. The largest absolute Gasteiger partial charge is 0.339 e. The Morgan fingerprint density at radius 3 is 2.51 bits per heavy atom. The van der Waals surface area contributed by atoms with Crippen LogP contribution >= 0.6 is 27.7 Å². The highest BCUT2D eigenvalue weighted by Gasteiger charge is 2.30. The van der Waals surface area contributed by atoms with E-state index in [9.17, 15) is 9.59 Å². The van der Waals surface area contributed by atoms with Gasteiger partial charge in [-0.1, -0.05) is 42.1 Å². The van der Waals surface area contributed by atoms with E-state index in [1.165, 1.54) is 0 Å². The molecule has 2 aromatic carbocycles.